The minimum Gasteiger partial charge on any atom is -0.496 e. The minimum atomic E-state index is -0.724. The molecule has 0 saturated heterocycles. The molecule has 0 bridgehead atoms. The van der Waals surface area contributed by atoms with Crippen LogP contribution in [0.4, 0.5) is 0 Å². The zero-order valence-corrected chi connectivity index (χ0v) is 10.8. The molecule has 0 saturated carbocycles. The van der Waals surface area contributed by atoms with Gasteiger partial charge in [-0.1, -0.05) is 13.0 Å². The van der Waals surface area contributed by atoms with Crippen LogP contribution in [0.5, 0.6) is 5.75 Å². The third-order valence-corrected chi connectivity index (χ3v) is 4.39. The van der Waals surface area contributed by atoms with Crippen molar-refractivity contribution in [3.05, 3.63) is 23.8 Å². The lowest BCUT2D eigenvalue weighted by Crippen LogP contribution is -2.14. The van der Waals surface area contributed by atoms with E-state index in [2.05, 4.69) is 6.07 Å². The van der Waals surface area contributed by atoms with Crippen LogP contribution in [0.15, 0.2) is 23.1 Å². The van der Waals surface area contributed by atoms with Crippen LogP contribution >= 0.6 is 11.8 Å². The molecular formula is C13H16O3S. The average molecular weight is 252 g/mol. The number of carbonyl (C=O) groups is 1. The van der Waals surface area contributed by atoms with Gasteiger partial charge in [0.2, 0.25) is 0 Å². The fraction of sp³-hybridized carbons (Fsp3) is 0.462. The number of fused-ring (bicyclic) bond motifs is 1. The molecule has 2 rings (SSSR count). The van der Waals surface area contributed by atoms with Crippen molar-refractivity contribution in [3.8, 4) is 5.75 Å². The number of ether oxygens (including phenoxy) is 1. The molecule has 0 aliphatic carbocycles. The van der Waals surface area contributed by atoms with Crippen LogP contribution in [0.1, 0.15) is 24.8 Å². The van der Waals surface area contributed by atoms with E-state index in [1.165, 1.54) is 10.5 Å². The Kier molecular flexibility index (Phi) is 3.62. The van der Waals surface area contributed by atoms with Crippen molar-refractivity contribution in [2.45, 2.75) is 24.2 Å². The normalized spacial score (nSPS) is 19.8. The number of carboxylic acids is 1. The predicted octanol–water partition coefficient (Wildman–Crippen LogP) is 3.00. The van der Waals surface area contributed by atoms with Gasteiger partial charge in [-0.25, -0.2) is 0 Å². The van der Waals surface area contributed by atoms with Gasteiger partial charge in [0.15, 0.2) is 0 Å². The van der Waals surface area contributed by atoms with Crippen molar-refractivity contribution >= 4 is 17.7 Å². The van der Waals surface area contributed by atoms with Gasteiger partial charge >= 0.3 is 5.97 Å². The maximum absolute atomic E-state index is 10.9. The molecule has 1 aliphatic heterocycles. The summed E-state index contributed by atoms with van der Waals surface area (Å²) in [4.78, 5) is 12.1. The van der Waals surface area contributed by atoms with Crippen molar-refractivity contribution in [2.24, 2.45) is 5.92 Å². The Morgan fingerprint density at radius 3 is 3.06 bits per heavy atom. The SMILES string of the molecule is COc1cccc2c1C(CC(C)C(=O)O)CS2. The van der Waals surface area contributed by atoms with Crippen LogP contribution in [0.2, 0.25) is 0 Å². The summed E-state index contributed by atoms with van der Waals surface area (Å²) < 4.78 is 5.37. The summed E-state index contributed by atoms with van der Waals surface area (Å²) in [6.07, 6.45) is 0.676. The molecule has 2 atom stereocenters. The fourth-order valence-corrected chi connectivity index (χ4v) is 3.50. The van der Waals surface area contributed by atoms with Crippen molar-refractivity contribution in [1.29, 1.82) is 0 Å². The Labute approximate surface area is 105 Å². The molecule has 92 valence electrons. The molecule has 1 aromatic rings. The second-order valence-corrected chi connectivity index (χ2v) is 5.42. The molecule has 0 spiro atoms. The maximum Gasteiger partial charge on any atom is 0.306 e. The summed E-state index contributed by atoms with van der Waals surface area (Å²) in [5, 5.41) is 8.98. The number of benzene rings is 1. The molecule has 1 aliphatic rings. The van der Waals surface area contributed by atoms with E-state index in [9.17, 15) is 4.79 Å². The quantitative estimate of drug-likeness (QED) is 0.894. The summed E-state index contributed by atoms with van der Waals surface area (Å²) >= 11 is 1.79. The first-order valence-corrected chi connectivity index (χ1v) is 6.64. The third kappa shape index (κ3) is 2.41. The highest BCUT2D eigenvalue weighted by Gasteiger charge is 2.29. The second-order valence-electron chi connectivity index (χ2n) is 4.35. The minimum absolute atomic E-state index is 0.289. The van der Waals surface area contributed by atoms with Crippen molar-refractivity contribution in [2.75, 3.05) is 12.9 Å². The Balaban J connectivity index is 2.23. The predicted molar refractivity (Wildman–Crippen MR) is 67.9 cm³/mol. The van der Waals surface area contributed by atoms with Crippen LogP contribution in [0.3, 0.4) is 0 Å². The molecule has 0 aromatic heterocycles. The highest BCUT2D eigenvalue weighted by Crippen LogP contribution is 2.46. The molecule has 1 aromatic carbocycles. The highest BCUT2D eigenvalue weighted by atomic mass is 32.2. The Hall–Kier alpha value is -1.16. The second kappa shape index (κ2) is 5.00. The lowest BCUT2D eigenvalue weighted by molar-refractivity contribution is -0.141. The van der Waals surface area contributed by atoms with E-state index in [1.54, 1.807) is 25.8 Å². The summed E-state index contributed by atoms with van der Waals surface area (Å²) in [5.74, 6) is 1.09. The Bertz CT molecular complexity index is 431. The van der Waals surface area contributed by atoms with Gasteiger partial charge in [-0.3, -0.25) is 4.79 Å². The number of rotatable bonds is 4. The summed E-state index contributed by atoms with van der Waals surface area (Å²) in [7, 11) is 1.66. The van der Waals surface area contributed by atoms with Gasteiger partial charge in [-0.15, -0.1) is 11.8 Å². The highest BCUT2D eigenvalue weighted by molar-refractivity contribution is 7.99. The molecule has 0 amide bonds. The maximum atomic E-state index is 10.9. The topological polar surface area (TPSA) is 46.5 Å². The average Bonchev–Trinajstić information content (AvgIpc) is 2.72. The first-order valence-electron chi connectivity index (χ1n) is 5.66. The van der Waals surface area contributed by atoms with Crippen LogP contribution in [0, 0.1) is 5.92 Å². The lowest BCUT2D eigenvalue weighted by Gasteiger charge is -2.16. The van der Waals surface area contributed by atoms with Gasteiger partial charge in [-0.05, 0) is 24.5 Å². The molecule has 0 fully saturated rings. The van der Waals surface area contributed by atoms with E-state index in [0.717, 1.165) is 11.5 Å². The van der Waals surface area contributed by atoms with E-state index in [1.807, 2.05) is 12.1 Å². The monoisotopic (exact) mass is 252 g/mol. The van der Waals surface area contributed by atoms with E-state index in [0.29, 0.717) is 6.42 Å². The molecule has 0 radical (unpaired) electrons. The van der Waals surface area contributed by atoms with Crippen molar-refractivity contribution in [3.63, 3.8) is 0 Å². The van der Waals surface area contributed by atoms with Crippen LogP contribution in [-0.4, -0.2) is 23.9 Å². The number of methoxy groups -OCH3 is 1. The van der Waals surface area contributed by atoms with Gasteiger partial charge in [0.05, 0.1) is 13.0 Å². The van der Waals surface area contributed by atoms with E-state index < -0.39 is 5.97 Å². The molecule has 1 N–H and O–H groups in total. The van der Waals surface area contributed by atoms with Gasteiger partial charge in [0.1, 0.15) is 5.75 Å². The molecule has 2 unspecified atom stereocenters. The van der Waals surface area contributed by atoms with Gasteiger partial charge in [-0.2, -0.15) is 0 Å². The van der Waals surface area contributed by atoms with Crippen LogP contribution in [-0.2, 0) is 4.79 Å². The zero-order valence-electron chi connectivity index (χ0n) is 9.97. The van der Waals surface area contributed by atoms with Crippen molar-refractivity contribution in [1.82, 2.24) is 0 Å². The van der Waals surface area contributed by atoms with Gasteiger partial charge < -0.3 is 9.84 Å². The van der Waals surface area contributed by atoms with Crippen LogP contribution in [0.25, 0.3) is 0 Å². The van der Waals surface area contributed by atoms with E-state index >= 15 is 0 Å². The molecule has 1 heterocycles. The van der Waals surface area contributed by atoms with Gasteiger partial charge in [0.25, 0.3) is 0 Å². The summed E-state index contributed by atoms with van der Waals surface area (Å²) in [5.41, 5.74) is 1.19. The summed E-state index contributed by atoms with van der Waals surface area (Å²) in [6.45, 7) is 1.76. The van der Waals surface area contributed by atoms with Crippen molar-refractivity contribution < 1.29 is 14.6 Å². The molecule has 4 heteroatoms. The largest absolute Gasteiger partial charge is 0.496 e. The Morgan fingerprint density at radius 1 is 1.65 bits per heavy atom. The first-order chi connectivity index (χ1) is 8.13. The third-order valence-electron chi connectivity index (χ3n) is 3.15. The number of hydrogen-bond acceptors (Lipinski definition) is 3. The molecular weight excluding hydrogens is 236 g/mol. The van der Waals surface area contributed by atoms with E-state index in [4.69, 9.17) is 9.84 Å². The Morgan fingerprint density at radius 2 is 2.41 bits per heavy atom. The number of carboxylic acid groups (broad SMARTS) is 1. The zero-order chi connectivity index (χ0) is 12.4. The number of hydrogen-bond donors (Lipinski definition) is 1. The molecule has 17 heavy (non-hydrogen) atoms. The number of aliphatic carboxylic acids is 1. The summed E-state index contributed by atoms with van der Waals surface area (Å²) in [6, 6.07) is 6.00. The molecule has 3 nitrogen and oxygen atoms in total. The van der Waals surface area contributed by atoms with Crippen LogP contribution < -0.4 is 4.74 Å². The van der Waals surface area contributed by atoms with Gasteiger partial charge in [0, 0.05) is 16.2 Å². The lowest BCUT2D eigenvalue weighted by atomic mass is 9.90. The fourth-order valence-electron chi connectivity index (χ4n) is 2.22. The smallest absolute Gasteiger partial charge is 0.306 e. The first kappa shape index (κ1) is 12.3. The standard InChI is InChI=1S/C13H16O3S/c1-8(13(14)15)6-9-7-17-11-5-3-4-10(16-2)12(9)11/h3-5,8-9H,6-7H2,1-2H3,(H,14,15). The number of thioether (sulfide) groups is 1. The van der Waals surface area contributed by atoms with E-state index in [-0.39, 0.29) is 11.8 Å².